The maximum atomic E-state index is 11.7. The molecule has 0 saturated heterocycles. The Morgan fingerprint density at radius 1 is 1.18 bits per heavy atom. The van der Waals surface area contributed by atoms with Crippen LogP contribution in [0.25, 0.3) is 0 Å². The zero-order chi connectivity index (χ0) is 13.8. The van der Waals surface area contributed by atoms with Crippen molar-refractivity contribution >= 4 is 11.8 Å². The van der Waals surface area contributed by atoms with Crippen LogP contribution in [0.5, 0.6) is 0 Å². The molecule has 0 aliphatic rings. The predicted molar refractivity (Wildman–Crippen MR) is 67.4 cm³/mol. The van der Waals surface area contributed by atoms with Crippen LogP contribution >= 0.6 is 0 Å². The molecule has 0 fully saturated rings. The van der Waals surface area contributed by atoms with Crippen molar-refractivity contribution in [3.63, 3.8) is 0 Å². The number of hydrogen-bond acceptors (Lipinski definition) is 4. The Balaban J connectivity index is 4.31. The molecule has 0 saturated carbocycles. The second-order valence-corrected chi connectivity index (χ2v) is 5.87. The molecule has 2 atom stereocenters. The minimum Gasteiger partial charge on any atom is -0.460 e. The van der Waals surface area contributed by atoms with Gasteiger partial charge in [0.25, 0.3) is 0 Å². The number of carbonyl (C=O) groups excluding carboxylic acids is 2. The van der Waals surface area contributed by atoms with Gasteiger partial charge in [-0.3, -0.25) is 9.59 Å². The summed E-state index contributed by atoms with van der Waals surface area (Å²) in [6, 6.07) is -0.500. The van der Waals surface area contributed by atoms with Crippen molar-refractivity contribution in [2.45, 2.75) is 59.6 Å². The number of esters is 1. The SMILES string of the molecule is CC(CC(=O)[C@@H](N)C(C)C)C(=O)OC(C)(C)C. The summed E-state index contributed by atoms with van der Waals surface area (Å²) >= 11 is 0. The third-order valence-electron chi connectivity index (χ3n) is 2.41. The number of nitrogens with two attached hydrogens (primary N) is 1. The van der Waals surface area contributed by atoms with Crippen LogP contribution < -0.4 is 5.73 Å². The van der Waals surface area contributed by atoms with Crippen molar-refractivity contribution in [2.75, 3.05) is 0 Å². The van der Waals surface area contributed by atoms with Crippen molar-refractivity contribution in [3.8, 4) is 0 Å². The van der Waals surface area contributed by atoms with E-state index in [-0.39, 0.29) is 24.1 Å². The molecule has 4 nitrogen and oxygen atoms in total. The van der Waals surface area contributed by atoms with Gasteiger partial charge in [0.05, 0.1) is 12.0 Å². The van der Waals surface area contributed by atoms with Gasteiger partial charge in [-0.25, -0.2) is 0 Å². The molecule has 0 amide bonds. The van der Waals surface area contributed by atoms with E-state index in [0.717, 1.165) is 0 Å². The number of carbonyl (C=O) groups is 2. The second-order valence-electron chi connectivity index (χ2n) is 5.87. The zero-order valence-electron chi connectivity index (χ0n) is 11.7. The molecule has 100 valence electrons. The highest BCUT2D eigenvalue weighted by Gasteiger charge is 2.26. The van der Waals surface area contributed by atoms with Crippen LogP contribution in [0.15, 0.2) is 0 Å². The van der Waals surface area contributed by atoms with Crippen LogP contribution in [0.1, 0.15) is 48.0 Å². The smallest absolute Gasteiger partial charge is 0.309 e. The van der Waals surface area contributed by atoms with Crippen LogP contribution in [-0.2, 0) is 14.3 Å². The van der Waals surface area contributed by atoms with E-state index in [1.807, 2.05) is 13.8 Å². The van der Waals surface area contributed by atoms with Crippen LogP contribution in [-0.4, -0.2) is 23.4 Å². The number of ketones is 1. The van der Waals surface area contributed by atoms with Crippen LogP contribution in [0, 0.1) is 11.8 Å². The molecular formula is C13H25NO3. The van der Waals surface area contributed by atoms with Gasteiger partial charge >= 0.3 is 5.97 Å². The summed E-state index contributed by atoms with van der Waals surface area (Å²) in [4.78, 5) is 23.4. The Bertz CT molecular complexity index is 279. The summed E-state index contributed by atoms with van der Waals surface area (Å²) < 4.78 is 5.21. The average molecular weight is 243 g/mol. The molecule has 0 spiro atoms. The van der Waals surface area contributed by atoms with Gasteiger partial charge in [-0.2, -0.15) is 0 Å². The number of ether oxygens (including phenoxy) is 1. The van der Waals surface area contributed by atoms with E-state index in [1.165, 1.54) is 0 Å². The Labute approximate surface area is 104 Å². The molecule has 0 aliphatic heterocycles. The summed E-state index contributed by atoms with van der Waals surface area (Å²) in [6.45, 7) is 10.9. The van der Waals surface area contributed by atoms with Gasteiger partial charge in [-0.05, 0) is 26.7 Å². The number of rotatable bonds is 5. The third-order valence-corrected chi connectivity index (χ3v) is 2.41. The molecule has 4 heteroatoms. The lowest BCUT2D eigenvalue weighted by molar-refractivity contribution is -0.160. The summed E-state index contributed by atoms with van der Waals surface area (Å²) in [6.07, 6.45) is 0.147. The predicted octanol–water partition coefficient (Wildman–Crippen LogP) is 1.91. The highest BCUT2D eigenvalue weighted by atomic mass is 16.6. The van der Waals surface area contributed by atoms with E-state index in [1.54, 1.807) is 27.7 Å². The summed E-state index contributed by atoms with van der Waals surface area (Å²) in [5.41, 5.74) is 5.21. The largest absolute Gasteiger partial charge is 0.460 e. The Kier molecular flexibility index (Phi) is 5.82. The lowest BCUT2D eigenvalue weighted by Crippen LogP contribution is -2.38. The van der Waals surface area contributed by atoms with Crippen LogP contribution in [0.2, 0.25) is 0 Å². The van der Waals surface area contributed by atoms with Gasteiger partial charge < -0.3 is 10.5 Å². The molecular weight excluding hydrogens is 218 g/mol. The van der Waals surface area contributed by atoms with Crippen molar-refractivity contribution < 1.29 is 14.3 Å². The van der Waals surface area contributed by atoms with Gasteiger partial charge in [0, 0.05) is 6.42 Å². The highest BCUT2D eigenvalue weighted by molar-refractivity contribution is 5.88. The van der Waals surface area contributed by atoms with Crippen molar-refractivity contribution in [3.05, 3.63) is 0 Å². The third kappa shape index (κ3) is 6.41. The van der Waals surface area contributed by atoms with Crippen molar-refractivity contribution in [1.29, 1.82) is 0 Å². The van der Waals surface area contributed by atoms with Gasteiger partial charge in [-0.1, -0.05) is 20.8 Å². The minimum absolute atomic E-state index is 0.0849. The molecule has 0 aromatic heterocycles. The first-order chi connectivity index (χ1) is 7.54. The maximum absolute atomic E-state index is 11.7. The molecule has 0 rings (SSSR count). The molecule has 0 bridgehead atoms. The van der Waals surface area contributed by atoms with Crippen molar-refractivity contribution in [2.24, 2.45) is 17.6 Å². The monoisotopic (exact) mass is 243 g/mol. The lowest BCUT2D eigenvalue weighted by Gasteiger charge is -2.23. The first kappa shape index (κ1) is 16.1. The van der Waals surface area contributed by atoms with Crippen LogP contribution in [0.3, 0.4) is 0 Å². The maximum Gasteiger partial charge on any atom is 0.309 e. The van der Waals surface area contributed by atoms with Gasteiger partial charge in [0.15, 0.2) is 5.78 Å². The van der Waals surface area contributed by atoms with E-state index >= 15 is 0 Å². The minimum atomic E-state index is -0.519. The Morgan fingerprint density at radius 3 is 2.00 bits per heavy atom. The number of Topliss-reactive ketones (excluding diaryl/α,β-unsaturated/α-hetero) is 1. The lowest BCUT2D eigenvalue weighted by atomic mass is 9.94. The zero-order valence-corrected chi connectivity index (χ0v) is 11.7. The van der Waals surface area contributed by atoms with Gasteiger partial charge in [-0.15, -0.1) is 0 Å². The first-order valence-corrected chi connectivity index (χ1v) is 6.05. The molecule has 0 heterocycles. The fraction of sp³-hybridized carbons (Fsp3) is 0.846. The molecule has 1 unspecified atom stereocenters. The highest BCUT2D eigenvalue weighted by Crippen LogP contribution is 2.15. The van der Waals surface area contributed by atoms with Crippen molar-refractivity contribution in [1.82, 2.24) is 0 Å². The molecule has 0 aromatic rings. The molecule has 0 radical (unpaired) electrons. The molecule has 2 N–H and O–H groups in total. The van der Waals surface area contributed by atoms with E-state index in [4.69, 9.17) is 10.5 Å². The summed E-state index contributed by atoms with van der Waals surface area (Å²) in [5, 5.41) is 0. The molecule has 0 aromatic carbocycles. The Hall–Kier alpha value is -0.900. The average Bonchev–Trinajstić information content (AvgIpc) is 2.13. The summed E-state index contributed by atoms with van der Waals surface area (Å²) in [5.74, 6) is -0.778. The molecule has 0 aliphatic carbocycles. The van der Waals surface area contributed by atoms with Crippen LogP contribution in [0.4, 0.5) is 0 Å². The fourth-order valence-corrected chi connectivity index (χ4v) is 1.30. The Morgan fingerprint density at radius 2 is 1.65 bits per heavy atom. The van der Waals surface area contributed by atoms with E-state index < -0.39 is 17.6 Å². The first-order valence-electron chi connectivity index (χ1n) is 6.05. The molecule has 17 heavy (non-hydrogen) atoms. The fourth-order valence-electron chi connectivity index (χ4n) is 1.30. The topological polar surface area (TPSA) is 69.4 Å². The second kappa shape index (κ2) is 6.15. The number of hydrogen-bond donors (Lipinski definition) is 1. The standard InChI is InChI=1S/C13H25NO3/c1-8(2)11(14)10(15)7-9(3)12(16)17-13(4,5)6/h8-9,11H,7,14H2,1-6H3/t9?,11-/m0/s1. The van der Waals surface area contributed by atoms with Gasteiger partial charge in [0.1, 0.15) is 5.60 Å². The normalized spacial score (nSPS) is 15.5. The van der Waals surface area contributed by atoms with E-state index in [9.17, 15) is 9.59 Å². The quantitative estimate of drug-likeness (QED) is 0.749. The van der Waals surface area contributed by atoms with E-state index in [2.05, 4.69) is 0 Å². The summed E-state index contributed by atoms with van der Waals surface area (Å²) in [7, 11) is 0. The van der Waals surface area contributed by atoms with E-state index in [0.29, 0.717) is 0 Å². The van der Waals surface area contributed by atoms with Gasteiger partial charge in [0.2, 0.25) is 0 Å².